The Morgan fingerprint density at radius 1 is 1.05 bits per heavy atom. The number of rotatable bonds is 9. The summed E-state index contributed by atoms with van der Waals surface area (Å²) in [4.78, 5) is 28.0. The van der Waals surface area contributed by atoms with Crippen molar-refractivity contribution in [3.8, 4) is 5.75 Å². The van der Waals surface area contributed by atoms with Gasteiger partial charge in [0.05, 0.1) is 18.2 Å². The maximum Gasteiger partial charge on any atom is 0.301 e. The molecule has 7 nitrogen and oxygen atoms in total. The minimum Gasteiger partial charge on any atom is -0.507 e. The average Bonchev–Trinajstić information content (AvgIpc) is 3.53. The van der Waals surface area contributed by atoms with E-state index in [4.69, 9.17) is 4.74 Å². The molecule has 0 aliphatic carbocycles. The molecule has 1 N–H and O–H groups in total. The van der Waals surface area contributed by atoms with Gasteiger partial charge in [-0.25, -0.2) is 4.39 Å². The van der Waals surface area contributed by atoms with Crippen LogP contribution in [0.5, 0.6) is 5.75 Å². The minimum atomic E-state index is -0.986. The lowest BCUT2D eigenvalue weighted by atomic mass is 9.95. The maximum atomic E-state index is 13.6. The van der Waals surface area contributed by atoms with Crippen LogP contribution in [0.1, 0.15) is 36.1 Å². The second-order valence-corrected chi connectivity index (χ2v) is 10.9. The first-order chi connectivity index (χ1) is 19.0. The van der Waals surface area contributed by atoms with E-state index in [0.717, 1.165) is 12.0 Å². The molecule has 1 atom stereocenters. The monoisotopic (exact) mass is 561 g/mol. The molecule has 3 aromatic carbocycles. The van der Waals surface area contributed by atoms with Crippen LogP contribution in [0.25, 0.3) is 5.76 Å². The number of aliphatic hydroxyl groups excluding tert-OH is 1. The van der Waals surface area contributed by atoms with Gasteiger partial charge in [-0.2, -0.15) is 0 Å². The first-order valence-electron chi connectivity index (χ1n) is 12.3. The Morgan fingerprint density at radius 2 is 1.82 bits per heavy atom. The molecule has 1 aromatic heterocycles. The summed E-state index contributed by atoms with van der Waals surface area (Å²) < 4.78 is 20.0. The van der Waals surface area contributed by atoms with Crippen LogP contribution in [0.2, 0.25) is 0 Å². The van der Waals surface area contributed by atoms with Crippen molar-refractivity contribution < 1.29 is 23.8 Å². The van der Waals surface area contributed by atoms with Crippen LogP contribution < -0.4 is 9.64 Å². The summed E-state index contributed by atoms with van der Waals surface area (Å²) in [5.74, 6) is -1.35. The number of ether oxygens (including phenoxy) is 1. The lowest BCUT2D eigenvalue weighted by molar-refractivity contribution is -0.132. The fraction of sp³-hybridized carbons (Fsp3) is 0.172. The van der Waals surface area contributed by atoms with Gasteiger partial charge < -0.3 is 9.84 Å². The fourth-order valence-electron chi connectivity index (χ4n) is 4.18. The topological polar surface area (TPSA) is 92.6 Å². The quantitative estimate of drug-likeness (QED) is 0.0833. The van der Waals surface area contributed by atoms with Gasteiger partial charge >= 0.3 is 5.91 Å². The van der Waals surface area contributed by atoms with Crippen molar-refractivity contribution in [2.75, 3.05) is 11.5 Å². The lowest BCUT2D eigenvalue weighted by Crippen LogP contribution is -2.29. The first kappa shape index (κ1) is 26.6. The Labute approximate surface area is 233 Å². The smallest absolute Gasteiger partial charge is 0.301 e. The van der Waals surface area contributed by atoms with E-state index in [2.05, 4.69) is 10.2 Å². The van der Waals surface area contributed by atoms with E-state index in [1.54, 1.807) is 24.3 Å². The molecule has 1 fully saturated rings. The van der Waals surface area contributed by atoms with E-state index in [1.165, 1.54) is 52.3 Å². The number of anilines is 1. The molecule has 1 saturated heterocycles. The third kappa shape index (κ3) is 5.71. The number of halogens is 1. The fourth-order valence-corrected chi connectivity index (χ4v) is 6.00. The Balaban J connectivity index is 1.56. The second-order valence-electron chi connectivity index (χ2n) is 8.72. The molecule has 198 valence electrons. The van der Waals surface area contributed by atoms with Crippen LogP contribution >= 0.6 is 23.1 Å². The molecule has 0 radical (unpaired) electrons. The number of aromatic nitrogens is 2. The van der Waals surface area contributed by atoms with Crippen LogP contribution in [0.3, 0.4) is 0 Å². The van der Waals surface area contributed by atoms with Gasteiger partial charge in [0.25, 0.3) is 5.78 Å². The van der Waals surface area contributed by atoms with Crippen LogP contribution in [-0.4, -0.2) is 33.6 Å². The zero-order chi connectivity index (χ0) is 27.4. The third-order valence-electron chi connectivity index (χ3n) is 6.02. The van der Waals surface area contributed by atoms with Crippen molar-refractivity contribution in [1.82, 2.24) is 10.2 Å². The van der Waals surface area contributed by atoms with Crippen molar-refractivity contribution in [3.63, 3.8) is 0 Å². The predicted molar refractivity (Wildman–Crippen MR) is 149 cm³/mol. The largest absolute Gasteiger partial charge is 0.507 e. The van der Waals surface area contributed by atoms with Gasteiger partial charge in [-0.3, -0.25) is 14.5 Å². The molecule has 0 spiro atoms. The van der Waals surface area contributed by atoms with Crippen molar-refractivity contribution >= 4 is 45.7 Å². The van der Waals surface area contributed by atoms with E-state index < -0.39 is 29.3 Å². The zero-order valence-corrected chi connectivity index (χ0v) is 22.5. The minimum absolute atomic E-state index is 0.118. The highest BCUT2D eigenvalue weighted by molar-refractivity contribution is 8.00. The van der Waals surface area contributed by atoms with Gasteiger partial charge in [0.2, 0.25) is 5.13 Å². The molecule has 1 aliphatic heterocycles. The van der Waals surface area contributed by atoms with E-state index >= 15 is 0 Å². The molecule has 1 amide bonds. The number of carbonyl (C=O) groups excluding carboxylic acids is 2. The van der Waals surface area contributed by atoms with Crippen molar-refractivity contribution in [2.24, 2.45) is 0 Å². The molecular weight excluding hydrogens is 537 g/mol. The first-order valence-corrected chi connectivity index (χ1v) is 14.1. The van der Waals surface area contributed by atoms with Gasteiger partial charge in [0.1, 0.15) is 17.3 Å². The summed E-state index contributed by atoms with van der Waals surface area (Å²) in [6, 6.07) is 21.0. The number of hydrogen-bond donors (Lipinski definition) is 1. The highest BCUT2D eigenvalue weighted by Crippen LogP contribution is 2.44. The molecule has 39 heavy (non-hydrogen) atoms. The number of aliphatic hydroxyl groups is 1. The van der Waals surface area contributed by atoms with Crippen molar-refractivity contribution in [3.05, 3.63) is 107 Å². The van der Waals surface area contributed by atoms with E-state index in [1.807, 2.05) is 37.3 Å². The zero-order valence-electron chi connectivity index (χ0n) is 20.9. The number of hydrogen-bond acceptors (Lipinski definition) is 8. The summed E-state index contributed by atoms with van der Waals surface area (Å²) in [6.07, 6.45) is 0.807. The van der Waals surface area contributed by atoms with Gasteiger partial charge in [-0.15, -0.1) is 10.2 Å². The Hall–Kier alpha value is -4.02. The summed E-state index contributed by atoms with van der Waals surface area (Å²) in [7, 11) is 0. The van der Waals surface area contributed by atoms with Gasteiger partial charge in [0, 0.05) is 11.3 Å². The Kier molecular flexibility index (Phi) is 8.04. The molecule has 0 saturated carbocycles. The van der Waals surface area contributed by atoms with E-state index in [0.29, 0.717) is 28.0 Å². The maximum absolute atomic E-state index is 13.6. The van der Waals surface area contributed by atoms with Crippen molar-refractivity contribution in [2.45, 2.75) is 29.5 Å². The van der Waals surface area contributed by atoms with Gasteiger partial charge in [-0.1, -0.05) is 72.5 Å². The number of Topliss-reactive ketones (excluding diaryl/α,β-unsaturated/α-hetero) is 1. The second kappa shape index (κ2) is 11.8. The Morgan fingerprint density at radius 3 is 2.56 bits per heavy atom. The van der Waals surface area contributed by atoms with E-state index in [9.17, 15) is 19.1 Å². The lowest BCUT2D eigenvalue weighted by Gasteiger charge is -2.23. The highest BCUT2D eigenvalue weighted by atomic mass is 32.2. The molecule has 10 heteroatoms. The summed E-state index contributed by atoms with van der Waals surface area (Å²) >= 11 is 2.67. The third-order valence-corrected chi connectivity index (χ3v) is 8.14. The van der Waals surface area contributed by atoms with Crippen molar-refractivity contribution in [1.29, 1.82) is 0 Å². The molecule has 0 bridgehead atoms. The molecule has 4 aromatic rings. The number of nitrogens with zero attached hydrogens (tertiary/aromatic N) is 3. The summed E-state index contributed by atoms with van der Waals surface area (Å²) in [5.41, 5.74) is 1.77. The predicted octanol–water partition coefficient (Wildman–Crippen LogP) is 6.38. The summed E-state index contributed by atoms with van der Waals surface area (Å²) in [5, 5.41) is 19.9. The number of thioether (sulfide) groups is 1. The van der Waals surface area contributed by atoms with Crippen LogP contribution in [-0.2, 0) is 15.3 Å². The summed E-state index contributed by atoms with van der Waals surface area (Å²) in [6.45, 7) is 2.49. The molecule has 1 aliphatic rings. The normalized spacial score (nSPS) is 16.6. The SMILES string of the molecule is CCCOc1cccc(C2/C(=C(\O)c3ccc(F)cc3)C(=O)C(=O)N2c2nnc(SCc3ccccc3)s2)c1. The molecular formula is C29H24FN3O4S2. The average molecular weight is 562 g/mol. The molecule has 5 rings (SSSR count). The van der Waals surface area contributed by atoms with E-state index in [-0.39, 0.29) is 16.3 Å². The van der Waals surface area contributed by atoms with Gasteiger partial charge in [-0.05, 0) is 53.9 Å². The Bertz CT molecular complexity index is 1520. The molecule has 1 unspecified atom stereocenters. The number of amides is 1. The van der Waals surface area contributed by atoms with Crippen LogP contribution in [0.15, 0.2) is 88.8 Å². The van der Waals surface area contributed by atoms with Crippen LogP contribution in [0.4, 0.5) is 9.52 Å². The highest BCUT2D eigenvalue weighted by Gasteiger charge is 2.48. The number of carbonyl (C=O) groups is 2. The standard InChI is InChI=1S/C29H24FN3O4S2/c1-2-15-37-22-10-6-9-20(16-22)24-23(25(34)19-11-13-21(30)14-12-19)26(35)27(36)33(24)28-31-32-29(39-28)38-17-18-7-4-3-5-8-18/h3-14,16,24,34H,2,15,17H2,1H3/b25-23+. The van der Waals surface area contributed by atoms with Gasteiger partial charge in [0.15, 0.2) is 4.34 Å². The van der Waals surface area contributed by atoms with Crippen LogP contribution in [0, 0.1) is 5.82 Å². The number of benzene rings is 3. The number of ketones is 1. The molecule has 2 heterocycles.